The molecule has 1 amide bonds. The molecule has 25 heavy (non-hydrogen) atoms. The largest absolute Gasteiger partial charge is 0.444 e. The number of nitrogen functional groups attached to an aromatic ring is 1. The fourth-order valence-corrected chi connectivity index (χ4v) is 3.84. The predicted molar refractivity (Wildman–Crippen MR) is 102 cm³/mol. The van der Waals surface area contributed by atoms with Crippen molar-refractivity contribution < 1.29 is 9.53 Å². The summed E-state index contributed by atoms with van der Waals surface area (Å²) in [6.07, 6.45) is 2.95. The van der Waals surface area contributed by atoms with Crippen LogP contribution in [-0.4, -0.2) is 34.3 Å². The SMILES string of the molecule is CC1CN(C(=O)OC(C)(C)C)CCC1c1cn(C)c2ccc(N)cc12. The van der Waals surface area contributed by atoms with Crippen molar-refractivity contribution in [1.82, 2.24) is 9.47 Å². The third-order valence-electron chi connectivity index (χ3n) is 5.00. The molecule has 5 nitrogen and oxygen atoms in total. The van der Waals surface area contributed by atoms with Crippen LogP contribution in [0.1, 0.15) is 45.6 Å². The smallest absolute Gasteiger partial charge is 0.410 e. The molecule has 2 aromatic rings. The third-order valence-corrected chi connectivity index (χ3v) is 5.00. The average molecular weight is 343 g/mol. The number of carbonyl (C=O) groups excluding carboxylic acids is 1. The lowest BCUT2D eigenvalue weighted by molar-refractivity contribution is 0.0155. The van der Waals surface area contributed by atoms with Gasteiger partial charge in [0.1, 0.15) is 5.60 Å². The highest BCUT2D eigenvalue weighted by atomic mass is 16.6. The number of nitrogens with zero attached hydrogens (tertiary/aromatic N) is 2. The number of fused-ring (bicyclic) bond motifs is 1. The van der Waals surface area contributed by atoms with E-state index in [1.54, 1.807) is 0 Å². The van der Waals surface area contributed by atoms with E-state index >= 15 is 0 Å². The Morgan fingerprint density at radius 2 is 2.04 bits per heavy atom. The van der Waals surface area contributed by atoms with Gasteiger partial charge in [-0.25, -0.2) is 4.79 Å². The summed E-state index contributed by atoms with van der Waals surface area (Å²) in [5.74, 6) is 0.789. The highest BCUT2D eigenvalue weighted by molar-refractivity contribution is 5.87. The Hall–Kier alpha value is -2.17. The molecule has 2 heterocycles. The summed E-state index contributed by atoms with van der Waals surface area (Å²) < 4.78 is 7.69. The van der Waals surface area contributed by atoms with Crippen LogP contribution in [0.4, 0.5) is 10.5 Å². The number of hydrogen-bond acceptors (Lipinski definition) is 3. The molecular weight excluding hydrogens is 314 g/mol. The lowest BCUT2D eigenvalue weighted by Gasteiger charge is -2.37. The number of hydrogen-bond donors (Lipinski definition) is 1. The van der Waals surface area contributed by atoms with E-state index in [1.165, 1.54) is 16.5 Å². The van der Waals surface area contributed by atoms with Gasteiger partial charge in [-0.1, -0.05) is 6.92 Å². The molecule has 0 radical (unpaired) electrons. The summed E-state index contributed by atoms with van der Waals surface area (Å²) in [4.78, 5) is 14.2. The molecule has 1 aromatic heterocycles. The lowest BCUT2D eigenvalue weighted by atomic mass is 9.81. The minimum absolute atomic E-state index is 0.208. The van der Waals surface area contributed by atoms with E-state index < -0.39 is 5.60 Å². The summed E-state index contributed by atoms with van der Waals surface area (Å²) in [5.41, 5.74) is 8.88. The summed E-state index contributed by atoms with van der Waals surface area (Å²) >= 11 is 0. The Kier molecular flexibility index (Phi) is 4.43. The highest BCUT2D eigenvalue weighted by Gasteiger charge is 2.33. The van der Waals surface area contributed by atoms with Crippen molar-refractivity contribution in [2.45, 2.75) is 45.6 Å². The molecule has 0 saturated carbocycles. The fraction of sp³-hybridized carbons (Fsp3) is 0.550. The molecule has 2 unspecified atom stereocenters. The zero-order valence-electron chi connectivity index (χ0n) is 15.9. The molecule has 1 aromatic carbocycles. The highest BCUT2D eigenvalue weighted by Crippen LogP contribution is 2.38. The number of likely N-dealkylation sites (tertiary alicyclic amines) is 1. The van der Waals surface area contributed by atoms with Gasteiger partial charge in [0.25, 0.3) is 0 Å². The zero-order chi connectivity index (χ0) is 18.4. The number of amides is 1. The van der Waals surface area contributed by atoms with E-state index in [2.05, 4.69) is 36.9 Å². The van der Waals surface area contributed by atoms with Gasteiger partial charge >= 0.3 is 6.09 Å². The van der Waals surface area contributed by atoms with E-state index in [4.69, 9.17) is 10.5 Å². The number of rotatable bonds is 1. The van der Waals surface area contributed by atoms with E-state index in [0.29, 0.717) is 11.8 Å². The second-order valence-electron chi connectivity index (χ2n) is 8.27. The summed E-state index contributed by atoms with van der Waals surface area (Å²) in [5, 5.41) is 1.23. The average Bonchev–Trinajstić information content (AvgIpc) is 2.81. The van der Waals surface area contributed by atoms with Gasteiger partial charge in [-0.15, -0.1) is 0 Å². The Bertz CT molecular complexity index is 788. The zero-order valence-corrected chi connectivity index (χ0v) is 15.9. The summed E-state index contributed by atoms with van der Waals surface area (Å²) in [7, 11) is 2.07. The van der Waals surface area contributed by atoms with Crippen LogP contribution >= 0.6 is 0 Å². The summed E-state index contributed by atoms with van der Waals surface area (Å²) in [6, 6.07) is 6.09. The minimum atomic E-state index is -0.454. The van der Waals surface area contributed by atoms with E-state index in [0.717, 1.165) is 25.2 Å². The lowest BCUT2D eigenvalue weighted by Crippen LogP contribution is -2.44. The van der Waals surface area contributed by atoms with Gasteiger partial charge < -0.3 is 19.9 Å². The van der Waals surface area contributed by atoms with Crippen LogP contribution in [0.15, 0.2) is 24.4 Å². The number of anilines is 1. The number of carbonyl (C=O) groups is 1. The maximum Gasteiger partial charge on any atom is 0.410 e. The van der Waals surface area contributed by atoms with Crippen LogP contribution in [0, 0.1) is 5.92 Å². The number of benzene rings is 1. The fourth-order valence-electron chi connectivity index (χ4n) is 3.84. The maximum atomic E-state index is 12.3. The molecule has 2 atom stereocenters. The Balaban J connectivity index is 1.81. The Morgan fingerprint density at radius 1 is 1.32 bits per heavy atom. The van der Waals surface area contributed by atoms with E-state index in [-0.39, 0.29) is 6.09 Å². The molecule has 3 rings (SSSR count). The molecule has 136 valence electrons. The summed E-state index contributed by atoms with van der Waals surface area (Å²) in [6.45, 7) is 9.37. The maximum absolute atomic E-state index is 12.3. The van der Waals surface area contributed by atoms with Crippen molar-refractivity contribution in [2.75, 3.05) is 18.8 Å². The van der Waals surface area contributed by atoms with Crippen LogP contribution in [0.25, 0.3) is 10.9 Å². The first-order chi connectivity index (χ1) is 11.7. The van der Waals surface area contributed by atoms with E-state index in [9.17, 15) is 4.79 Å². The molecule has 0 spiro atoms. The van der Waals surface area contributed by atoms with Crippen molar-refractivity contribution in [3.8, 4) is 0 Å². The molecule has 1 fully saturated rings. The van der Waals surface area contributed by atoms with Crippen molar-refractivity contribution in [1.29, 1.82) is 0 Å². The topological polar surface area (TPSA) is 60.5 Å². The van der Waals surface area contributed by atoms with Gasteiger partial charge in [0, 0.05) is 42.9 Å². The molecule has 5 heteroatoms. The first-order valence-electron chi connectivity index (χ1n) is 8.98. The molecule has 0 aliphatic carbocycles. The molecule has 0 bridgehead atoms. The van der Waals surface area contributed by atoms with Crippen molar-refractivity contribution in [3.63, 3.8) is 0 Å². The monoisotopic (exact) mass is 343 g/mol. The van der Waals surface area contributed by atoms with Gasteiger partial charge in [-0.3, -0.25) is 0 Å². The predicted octanol–water partition coefficient (Wildman–Crippen LogP) is 4.12. The number of aromatic nitrogens is 1. The van der Waals surface area contributed by atoms with Gasteiger partial charge in [0.15, 0.2) is 0 Å². The van der Waals surface area contributed by atoms with Gasteiger partial charge in [0.05, 0.1) is 0 Å². The Morgan fingerprint density at radius 3 is 2.68 bits per heavy atom. The van der Waals surface area contributed by atoms with Crippen LogP contribution in [0.5, 0.6) is 0 Å². The molecular formula is C20H29N3O2. The van der Waals surface area contributed by atoms with Crippen molar-refractivity contribution in [3.05, 3.63) is 30.0 Å². The molecule has 1 aliphatic rings. The second-order valence-corrected chi connectivity index (χ2v) is 8.27. The number of nitrogens with two attached hydrogens (primary N) is 1. The second kappa shape index (κ2) is 6.28. The first kappa shape index (κ1) is 17.6. The molecule has 1 saturated heterocycles. The third kappa shape index (κ3) is 3.60. The van der Waals surface area contributed by atoms with Crippen molar-refractivity contribution in [2.24, 2.45) is 13.0 Å². The van der Waals surface area contributed by atoms with E-state index in [1.807, 2.05) is 31.7 Å². The minimum Gasteiger partial charge on any atom is -0.444 e. The van der Waals surface area contributed by atoms with Crippen molar-refractivity contribution >= 4 is 22.7 Å². The number of aryl methyl sites for hydroxylation is 1. The van der Waals surface area contributed by atoms with Crippen LogP contribution < -0.4 is 5.73 Å². The number of piperidine rings is 1. The standard InChI is InChI=1S/C20H29N3O2/c1-13-11-23(19(24)25-20(2,3)4)9-8-15(13)17-12-22(5)18-7-6-14(21)10-16(17)18/h6-7,10,12-13,15H,8-9,11,21H2,1-5H3. The van der Waals surface area contributed by atoms with Gasteiger partial charge in [-0.2, -0.15) is 0 Å². The van der Waals surface area contributed by atoms with Crippen LogP contribution in [0.2, 0.25) is 0 Å². The van der Waals surface area contributed by atoms with Crippen LogP contribution in [0.3, 0.4) is 0 Å². The van der Waals surface area contributed by atoms with Gasteiger partial charge in [-0.05, 0) is 62.8 Å². The quantitative estimate of drug-likeness (QED) is 0.792. The first-order valence-corrected chi connectivity index (χ1v) is 8.98. The van der Waals surface area contributed by atoms with Crippen LogP contribution in [-0.2, 0) is 11.8 Å². The molecule has 1 aliphatic heterocycles. The molecule has 2 N–H and O–H groups in total. The number of ether oxygens (including phenoxy) is 1. The normalized spacial score (nSPS) is 21.6. The Labute approximate surface area is 149 Å². The van der Waals surface area contributed by atoms with Gasteiger partial charge in [0.2, 0.25) is 0 Å².